The molecule has 0 bridgehead atoms. The quantitative estimate of drug-likeness (QED) is 0.627. The Labute approximate surface area is 110 Å². The smallest absolute Gasteiger partial charge is 0.346 e. The van der Waals surface area contributed by atoms with Gasteiger partial charge in [0.25, 0.3) is 0 Å². The van der Waals surface area contributed by atoms with E-state index < -0.39 is 16.4 Å². The first-order valence-electron chi connectivity index (χ1n) is 4.94. The predicted molar refractivity (Wildman–Crippen MR) is 67.3 cm³/mol. The number of nitro groups is 1. The summed E-state index contributed by atoms with van der Waals surface area (Å²) in [7, 11) is 0. The Balaban J connectivity index is 2.40. The Kier molecular flexibility index (Phi) is 3.57. The summed E-state index contributed by atoms with van der Waals surface area (Å²) in [5, 5.41) is 10.8. The fourth-order valence-electron chi connectivity index (χ4n) is 1.41. The van der Waals surface area contributed by atoms with Crippen LogP contribution < -0.4 is 4.74 Å². The minimum absolute atomic E-state index is 0.127. The molecule has 0 heterocycles. The molecule has 0 aromatic heterocycles. The zero-order valence-corrected chi connectivity index (χ0v) is 10.6. The summed E-state index contributed by atoms with van der Waals surface area (Å²) >= 11 is 3.25. The Morgan fingerprint density at radius 2 is 1.94 bits per heavy atom. The van der Waals surface area contributed by atoms with E-state index in [1.807, 2.05) is 0 Å². The zero-order valence-electron chi connectivity index (χ0n) is 8.97. The largest absolute Gasteiger partial charge is 0.450 e. The van der Waals surface area contributed by atoms with Crippen LogP contribution >= 0.6 is 15.9 Å². The summed E-state index contributed by atoms with van der Waals surface area (Å²) in [6.45, 7) is 0. The highest BCUT2D eigenvalue weighted by Gasteiger charge is 2.21. The summed E-state index contributed by atoms with van der Waals surface area (Å²) in [4.78, 5) is 9.97. The average molecular weight is 312 g/mol. The zero-order chi connectivity index (χ0) is 13.1. The lowest BCUT2D eigenvalue weighted by Crippen LogP contribution is -1.96. The second-order valence-corrected chi connectivity index (χ2v) is 4.32. The lowest BCUT2D eigenvalue weighted by atomic mass is 10.3. The van der Waals surface area contributed by atoms with Crippen LogP contribution in [0, 0.1) is 15.9 Å². The molecule has 0 aliphatic rings. The van der Waals surface area contributed by atoms with Crippen molar-refractivity contribution in [1.82, 2.24) is 0 Å². The number of hydrogen-bond donors (Lipinski definition) is 0. The molecule has 0 radical (unpaired) electrons. The second kappa shape index (κ2) is 5.14. The van der Waals surface area contributed by atoms with Gasteiger partial charge in [-0.3, -0.25) is 10.1 Å². The lowest BCUT2D eigenvalue weighted by molar-refractivity contribution is -0.388. The van der Waals surface area contributed by atoms with Gasteiger partial charge in [0, 0.05) is 4.47 Å². The van der Waals surface area contributed by atoms with Crippen LogP contribution in [0.3, 0.4) is 0 Å². The number of halogens is 2. The van der Waals surface area contributed by atoms with Crippen LogP contribution in [0.25, 0.3) is 0 Å². The molecule has 0 fully saturated rings. The highest BCUT2D eigenvalue weighted by atomic mass is 79.9. The van der Waals surface area contributed by atoms with Crippen molar-refractivity contribution in [2.45, 2.75) is 0 Å². The summed E-state index contributed by atoms with van der Waals surface area (Å²) in [6.07, 6.45) is 0. The maximum atomic E-state index is 13.4. The number of ether oxygens (including phenoxy) is 1. The van der Waals surface area contributed by atoms with E-state index in [-0.39, 0.29) is 5.75 Å². The van der Waals surface area contributed by atoms with E-state index in [1.54, 1.807) is 24.3 Å². The SMILES string of the molecule is O=[N+]([O-])c1c(F)cccc1Oc1cccc(Br)c1. The van der Waals surface area contributed by atoms with Gasteiger partial charge in [0.05, 0.1) is 4.92 Å². The molecule has 18 heavy (non-hydrogen) atoms. The van der Waals surface area contributed by atoms with E-state index in [0.29, 0.717) is 5.75 Å². The molecule has 0 atom stereocenters. The van der Waals surface area contributed by atoms with Gasteiger partial charge in [0.1, 0.15) is 5.75 Å². The Morgan fingerprint density at radius 1 is 1.22 bits per heavy atom. The monoisotopic (exact) mass is 311 g/mol. The number of benzene rings is 2. The molecule has 6 heteroatoms. The first kappa shape index (κ1) is 12.5. The number of nitrogens with zero attached hydrogens (tertiary/aromatic N) is 1. The van der Waals surface area contributed by atoms with Crippen molar-refractivity contribution in [3.8, 4) is 11.5 Å². The van der Waals surface area contributed by atoms with Gasteiger partial charge < -0.3 is 4.74 Å². The van der Waals surface area contributed by atoms with Gasteiger partial charge in [-0.05, 0) is 30.3 Å². The second-order valence-electron chi connectivity index (χ2n) is 3.40. The maximum absolute atomic E-state index is 13.4. The van der Waals surface area contributed by atoms with Gasteiger partial charge in [-0.25, -0.2) is 0 Å². The summed E-state index contributed by atoms with van der Waals surface area (Å²) in [5.74, 6) is -0.663. The van der Waals surface area contributed by atoms with Crippen LogP contribution in [0.2, 0.25) is 0 Å². The Morgan fingerprint density at radius 3 is 2.61 bits per heavy atom. The van der Waals surface area contributed by atoms with Crippen molar-refractivity contribution in [2.75, 3.05) is 0 Å². The topological polar surface area (TPSA) is 52.4 Å². The highest BCUT2D eigenvalue weighted by Crippen LogP contribution is 2.33. The molecule has 0 spiro atoms. The van der Waals surface area contributed by atoms with Gasteiger partial charge >= 0.3 is 5.69 Å². The summed E-state index contributed by atoms with van der Waals surface area (Å²) < 4.78 is 19.4. The molecule has 0 aliphatic carbocycles. The number of hydrogen-bond acceptors (Lipinski definition) is 3. The highest BCUT2D eigenvalue weighted by molar-refractivity contribution is 9.10. The van der Waals surface area contributed by atoms with Crippen molar-refractivity contribution in [3.05, 3.63) is 62.9 Å². The molecular weight excluding hydrogens is 305 g/mol. The van der Waals surface area contributed by atoms with Gasteiger partial charge in [0.15, 0.2) is 0 Å². The number of rotatable bonds is 3. The van der Waals surface area contributed by atoms with E-state index in [9.17, 15) is 14.5 Å². The third-order valence-electron chi connectivity index (χ3n) is 2.16. The van der Waals surface area contributed by atoms with Crippen LogP contribution in [-0.4, -0.2) is 4.92 Å². The predicted octanol–water partition coefficient (Wildman–Crippen LogP) is 4.29. The van der Waals surface area contributed by atoms with Gasteiger partial charge in [0.2, 0.25) is 11.6 Å². The van der Waals surface area contributed by atoms with E-state index in [4.69, 9.17) is 4.74 Å². The third kappa shape index (κ3) is 2.65. The number of nitro benzene ring substituents is 1. The molecule has 0 N–H and O–H groups in total. The normalized spacial score (nSPS) is 10.1. The Hall–Kier alpha value is -1.95. The average Bonchev–Trinajstić information content (AvgIpc) is 2.28. The van der Waals surface area contributed by atoms with Crippen LogP contribution in [0.1, 0.15) is 0 Å². The van der Waals surface area contributed by atoms with Gasteiger partial charge in [-0.2, -0.15) is 4.39 Å². The molecular formula is C12H7BrFNO3. The molecule has 2 aromatic rings. The molecule has 0 saturated carbocycles. The molecule has 2 aromatic carbocycles. The van der Waals surface area contributed by atoms with E-state index in [2.05, 4.69) is 15.9 Å². The van der Waals surface area contributed by atoms with E-state index in [0.717, 1.165) is 10.5 Å². The third-order valence-corrected chi connectivity index (χ3v) is 2.65. The van der Waals surface area contributed by atoms with Crippen LogP contribution in [0.15, 0.2) is 46.9 Å². The van der Waals surface area contributed by atoms with Crippen molar-refractivity contribution in [1.29, 1.82) is 0 Å². The first-order valence-corrected chi connectivity index (χ1v) is 5.73. The van der Waals surface area contributed by atoms with Gasteiger partial charge in [-0.1, -0.05) is 28.1 Å². The number of para-hydroxylation sites is 1. The molecule has 92 valence electrons. The molecule has 0 unspecified atom stereocenters. The minimum Gasteiger partial charge on any atom is -0.450 e. The fourth-order valence-corrected chi connectivity index (χ4v) is 1.79. The van der Waals surface area contributed by atoms with E-state index >= 15 is 0 Å². The minimum atomic E-state index is -0.924. The standard InChI is InChI=1S/C12H7BrFNO3/c13-8-3-1-4-9(7-8)18-11-6-2-5-10(14)12(11)15(16)17/h1-7H. The summed E-state index contributed by atoms with van der Waals surface area (Å²) in [6, 6.07) is 10.5. The molecule has 0 amide bonds. The van der Waals surface area contributed by atoms with E-state index in [1.165, 1.54) is 12.1 Å². The van der Waals surface area contributed by atoms with Gasteiger partial charge in [-0.15, -0.1) is 0 Å². The van der Waals surface area contributed by atoms with Crippen LogP contribution in [0.4, 0.5) is 10.1 Å². The summed E-state index contributed by atoms with van der Waals surface area (Å²) in [5.41, 5.74) is -0.669. The molecule has 0 saturated heterocycles. The molecule has 4 nitrogen and oxygen atoms in total. The molecule has 0 aliphatic heterocycles. The van der Waals surface area contributed by atoms with Crippen molar-refractivity contribution >= 4 is 21.6 Å². The molecule has 2 rings (SSSR count). The van der Waals surface area contributed by atoms with Crippen LogP contribution in [0.5, 0.6) is 11.5 Å². The van der Waals surface area contributed by atoms with Crippen molar-refractivity contribution in [3.63, 3.8) is 0 Å². The van der Waals surface area contributed by atoms with Crippen molar-refractivity contribution in [2.24, 2.45) is 0 Å². The lowest BCUT2D eigenvalue weighted by Gasteiger charge is -2.06. The Bertz CT molecular complexity index is 604. The fraction of sp³-hybridized carbons (Fsp3) is 0. The maximum Gasteiger partial charge on any atom is 0.346 e. The van der Waals surface area contributed by atoms with Crippen molar-refractivity contribution < 1.29 is 14.1 Å². The van der Waals surface area contributed by atoms with Crippen LogP contribution in [-0.2, 0) is 0 Å². The first-order chi connectivity index (χ1) is 8.58.